The van der Waals surface area contributed by atoms with E-state index in [1.165, 1.54) is 5.56 Å². The zero-order valence-electron chi connectivity index (χ0n) is 16.6. The second kappa shape index (κ2) is 10.8. The Labute approximate surface area is 171 Å². The van der Waals surface area contributed by atoms with E-state index in [0.29, 0.717) is 13.2 Å². The van der Waals surface area contributed by atoms with Gasteiger partial charge in [0.2, 0.25) is 5.91 Å². The van der Waals surface area contributed by atoms with E-state index < -0.39 is 0 Å². The molecule has 0 aliphatic heterocycles. The van der Waals surface area contributed by atoms with Crippen LogP contribution in [0.1, 0.15) is 12.5 Å². The number of hydrogen-bond acceptors (Lipinski definition) is 4. The molecule has 0 unspecified atom stereocenters. The van der Waals surface area contributed by atoms with Crippen molar-refractivity contribution in [3.8, 4) is 11.5 Å². The minimum atomic E-state index is -0.121. The topological polar surface area (TPSA) is 59.6 Å². The van der Waals surface area contributed by atoms with Gasteiger partial charge in [0.1, 0.15) is 11.5 Å². The van der Waals surface area contributed by atoms with Crippen LogP contribution in [0.25, 0.3) is 0 Å². The van der Waals surface area contributed by atoms with Crippen molar-refractivity contribution < 1.29 is 14.3 Å². The van der Waals surface area contributed by atoms with Gasteiger partial charge in [-0.25, -0.2) is 0 Å². The Bertz CT molecular complexity index is 896. The van der Waals surface area contributed by atoms with Gasteiger partial charge in [-0.15, -0.1) is 0 Å². The third kappa shape index (κ3) is 6.88. The van der Waals surface area contributed by atoms with E-state index in [9.17, 15) is 4.79 Å². The first-order valence-electron chi connectivity index (χ1n) is 9.76. The van der Waals surface area contributed by atoms with E-state index in [0.717, 1.165) is 29.3 Å². The zero-order valence-corrected chi connectivity index (χ0v) is 16.6. The Morgan fingerprint density at radius 2 is 1.62 bits per heavy atom. The summed E-state index contributed by atoms with van der Waals surface area (Å²) in [5.74, 6) is 1.44. The van der Waals surface area contributed by atoms with Crippen LogP contribution in [-0.4, -0.2) is 25.7 Å². The lowest BCUT2D eigenvalue weighted by atomic mass is 10.2. The Morgan fingerprint density at radius 1 is 0.828 bits per heavy atom. The van der Waals surface area contributed by atoms with Crippen LogP contribution in [0.3, 0.4) is 0 Å². The van der Waals surface area contributed by atoms with Crippen LogP contribution in [0.15, 0.2) is 78.9 Å². The Hall–Kier alpha value is -3.47. The third-order valence-corrected chi connectivity index (χ3v) is 4.24. The molecule has 0 radical (unpaired) electrons. The van der Waals surface area contributed by atoms with E-state index in [2.05, 4.69) is 22.8 Å². The summed E-state index contributed by atoms with van der Waals surface area (Å²) in [5.41, 5.74) is 2.81. The van der Waals surface area contributed by atoms with Crippen LogP contribution in [-0.2, 0) is 11.2 Å². The number of carbonyl (C=O) groups excluding carboxylic acids is 1. The molecule has 3 rings (SSSR count). The highest BCUT2D eigenvalue weighted by Gasteiger charge is 2.04. The van der Waals surface area contributed by atoms with Crippen molar-refractivity contribution in [3.63, 3.8) is 0 Å². The van der Waals surface area contributed by atoms with Crippen molar-refractivity contribution in [2.75, 3.05) is 30.4 Å². The summed E-state index contributed by atoms with van der Waals surface area (Å²) in [6.45, 7) is 3.32. The molecule has 0 bridgehead atoms. The molecule has 150 valence electrons. The van der Waals surface area contributed by atoms with Crippen LogP contribution >= 0.6 is 0 Å². The van der Waals surface area contributed by atoms with Gasteiger partial charge in [0, 0.05) is 23.9 Å². The fraction of sp³-hybridized carbons (Fsp3) is 0.208. The van der Waals surface area contributed by atoms with Gasteiger partial charge in [-0.1, -0.05) is 36.4 Å². The maximum atomic E-state index is 12.2. The lowest BCUT2D eigenvalue weighted by molar-refractivity contribution is -0.114. The third-order valence-electron chi connectivity index (χ3n) is 4.24. The van der Waals surface area contributed by atoms with Gasteiger partial charge in [0.05, 0.1) is 19.8 Å². The predicted molar refractivity (Wildman–Crippen MR) is 117 cm³/mol. The first kappa shape index (κ1) is 20.3. The van der Waals surface area contributed by atoms with Crippen molar-refractivity contribution in [1.29, 1.82) is 0 Å². The number of hydrogen-bond donors (Lipinski definition) is 2. The summed E-state index contributed by atoms with van der Waals surface area (Å²) in [7, 11) is 0. The van der Waals surface area contributed by atoms with E-state index in [1.54, 1.807) is 0 Å². The number of anilines is 2. The molecule has 0 saturated carbocycles. The molecule has 1 amide bonds. The lowest BCUT2D eigenvalue weighted by Gasteiger charge is -2.11. The number of amides is 1. The summed E-state index contributed by atoms with van der Waals surface area (Å²) >= 11 is 0. The van der Waals surface area contributed by atoms with Gasteiger partial charge in [0.25, 0.3) is 0 Å². The molecule has 2 N–H and O–H groups in total. The van der Waals surface area contributed by atoms with Crippen molar-refractivity contribution in [2.45, 2.75) is 13.3 Å². The summed E-state index contributed by atoms with van der Waals surface area (Å²) in [6.07, 6.45) is 0.850. The Kier molecular flexibility index (Phi) is 7.52. The van der Waals surface area contributed by atoms with E-state index in [-0.39, 0.29) is 12.5 Å². The maximum Gasteiger partial charge on any atom is 0.243 e. The molecule has 0 atom stereocenters. The monoisotopic (exact) mass is 390 g/mol. The predicted octanol–water partition coefficient (Wildman–Crippen LogP) is 4.76. The molecular formula is C24H26N2O3. The van der Waals surface area contributed by atoms with Gasteiger partial charge < -0.3 is 20.1 Å². The van der Waals surface area contributed by atoms with E-state index in [1.807, 2.05) is 73.7 Å². The van der Waals surface area contributed by atoms with Crippen LogP contribution in [0, 0.1) is 0 Å². The molecule has 3 aromatic rings. The first-order valence-corrected chi connectivity index (χ1v) is 9.76. The van der Waals surface area contributed by atoms with Crippen LogP contribution < -0.4 is 20.1 Å². The molecule has 5 heteroatoms. The van der Waals surface area contributed by atoms with Crippen molar-refractivity contribution in [3.05, 3.63) is 84.4 Å². The number of ether oxygens (including phenoxy) is 2. The quantitative estimate of drug-likeness (QED) is 0.524. The van der Waals surface area contributed by atoms with Crippen molar-refractivity contribution in [2.24, 2.45) is 0 Å². The second-order valence-electron chi connectivity index (χ2n) is 6.47. The number of carbonyl (C=O) groups is 1. The minimum absolute atomic E-state index is 0.121. The van der Waals surface area contributed by atoms with Crippen LogP contribution in [0.2, 0.25) is 0 Å². The molecule has 29 heavy (non-hydrogen) atoms. The fourth-order valence-corrected chi connectivity index (χ4v) is 2.82. The van der Waals surface area contributed by atoms with Gasteiger partial charge in [-0.3, -0.25) is 4.79 Å². The lowest BCUT2D eigenvalue weighted by Crippen LogP contribution is -2.21. The summed E-state index contributed by atoms with van der Waals surface area (Å²) in [6, 6.07) is 25.2. The molecule has 0 spiro atoms. The number of rotatable bonds is 10. The highest BCUT2D eigenvalue weighted by atomic mass is 16.5. The first-order chi connectivity index (χ1) is 14.2. The SMILES string of the molecule is CCOc1ccc(NC(=O)CNc2cccc(OCCc3ccccc3)c2)cc1. The molecule has 3 aromatic carbocycles. The average Bonchev–Trinajstić information content (AvgIpc) is 2.75. The molecule has 0 heterocycles. The minimum Gasteiger partial charge on any atom is -0.494 e. The Balaban J connectivity index is 1.44. The number of nitrogens with one attached hydrogen (secondary N) is 2. The van der Waals surface area contributed by atoms with Gasteiger partial charge >= 0.3 is 0 Å². The molecule has 0 aliphatic carbocycles. The summed E-state index contributed by atoms with van der Waals surface area (Å²) < 4.78 is 11.2. The molecule has 0 saturated heterocycles. The van der Waals surface area contributed by atoms with E-state index >= 15 is 0 Å². The smallest absolute Gasteiger partial charge is 0.243 e. The van der Waals surface area contributed by atoms with Gasteiger partial charge in [-0.05, 0) is 48.9 Å². The largest absolute Gasteiger partial charge is 0.494 e. The maximum absolute atomic E-state index is 12.2. The van der Waals surface area contributed by atoms with Gasteiger partial charge in [0.15, 0.2) is 0 Å². The zero-order chi connectivity index (χ0) is 20.3. The van der Waals surface area contributed by atoms with Gasteiger partial charge in [-0.2, -0.15) is 0 Å². The fourth-order valence-electron chi connectivity index (χ4n) is 2.82. The summed E-state index contributed by atoms with van der Waals surface area (Å²) in [5, 5.41) is 5.99. The second-order valence-corrected chi connectivity index (χ2v) is 6.47. The molecular weight excluding hydrogens is 364 g/mol. The Morgan fingerprint density at radius 3 is 2.38 bits per heavy atom. The van der Waals surface area contributed by atoms with Crippen LogP contribution in [0.4, 0.5) is 11.4 Å². The molecule has 5 nitrogen and oxygen atoms in total. The normalized spacial score (nSPS) is 10.2. The standard InChI is InChI=1S/C24H26N2O3/c1-2-28-22-13-11-20(12-14-22)26-24(27)18-25-21-9-6-10-23(17-21)29-16-15-19-7-4-3-5-8-19/h3-14,17,25H,2,15-16,18H2,1H3,(H,26,27). The average molecular weight is 390 g/mol. The number of benzene rings is 3. The molecule has 0 aliphatic rings. The molecule has 0 fully saturated rings. The molecule has 0 aromatic heterocycles. The van der Waals surface area contributed by atoms with E-state index in [4.69, 9.17) is 9.47 Å². The van der Waals surface area contributed by atoms with Crippen molar-refractivity contribution >= 4 is 17.3 Å². The highest BCUT2D eigenvalue weighted by molar-refractivity contribution is 5.93. The van der Waals surface area contributed by atoms with Crippen LogP contribution in [0.5, 0.6) is 11.5 Å². The van der Waals surface area contributed by atoms with Crippen molar-refractivity contribution in [1.82, 2.24) is 0 Å². The summed E-state index contributed by atoms with van der Waals surface area (Å²) in [4.78, 5) is 12.2. The highest BCUT2D eigenvalue weighted by Crippen LogP contribution is 2.18.